The Labute approximate surface area is 138 Å². The Morgan fingerprint density at radius 3 is 1.87 bits per heavy atom. The predicted molar refractivity (Wildman–Crippen MR) is 96.6 cm³/mol. The van der Waals surface area contributed by atoms with E-state index in [-0.39, 0.29) is 5.41 Å². The van der Waals surface area contributed by atoms with Crippen LogP contribution in [0, 0.1) is 0 Å². The second kappa shape index (κ2) is 7.26. The third kappa shape index (κ3) is 4.31. The average Bonchev–Trinajstić information content (AvgIpc) is 2.55. The van der Waals surface area contributed by atoms with Crippen LogP contribution in [0.5, 0.6) is 0 Å². The number of anilines is 4. The first-order valence-electron chi connectivity index (χ1n) is 7.97. The Hall–Kier alpha value is -2.37. The minimum absolute atomic E-state index is 0.193. The molecule has 0 aliphatic carbocycles. The molecule has 0 radical (unpaired) electrons. The summed E-state index contributed by atoms with van der Waals surface area (Å²) < 4.78 is 0. The van der Waals surface area contributed by atoms with Crippen molar-refractivity contribution >= 4 is 23.5 Å². The molecule has 0 bridgehead atoms. The highest BCUT2D eigenvalue weighted by atomic mass is 15.3. The Morgan fingerprint density at radius 2 is 1.39 bits per heavy atom. The van der Waals surface area contributed by atoms with E-state index < -0.39 is 0 Å². The monoisotopic (exact) mass is 314 g/mol. The van der Waals surface area contributed by atoms with Crippen LogP contribution in [0.25, 0.3) is 0 Å². The van der Waals surface area contributed by atoms with Crippen molar-refractivity contribution in [1.29, 1.82) is 0 Å². The van der Waals surface area contributed by atoms with Crippen LogP contribution in [-0.2, 0) is 5.41 Å². The van der Waals surface area contributed by atoms with Crippen LogP contribution in [0.15, 0.2) is 24.3 Å². The van der Waals surface area contributed by atoms with Gasteiger partial charge in [-0.15, -0.1) is 0 Å². The predicted octanol–water partition coefficient (Wildman–Crippen LogP) is 3.78. The maximum absolute atomic E-state index is 4.31. The van der Waals surface area contributed by atoms with Crippen molar-refractivity contribution in [2.24, 2.45) is 0 Å². The van der Waals surface area contributed by atoms with Crippen molar-refractivity contribution in [3.63, 3.8) is 0 Å². The Balaban J connectivity index is 2.18. The zero-order chi connectivity index (χ0) is 16.9. The van der Waals surface area contributed by atoms with Gasteiger partial charge in [-0.2, -0.15) is 15.0 Å². The lowest BCUT2D eigenvalue weighted by Gasteiger charge is -2.24. The van der Waals surface area contributed by atoms with Crippen molar-refractivity contribution in [2.45, 2.75) is 39.0 Å². The lowest BCUT2D eigenvalue weighted by Crippen LogP contribution is -2.16. The minimum Gasteiger partial charge on any atom is -0.357 e. The molecule has 2 rings (SSSR count). The highest BCUT2D eigenvalue weighted by Gasteiger charge is 2.19. The van der Waals surface area contributed by atoms with Gasteiger partial charge in [0.1, 0.15) is 0 Å². The average molecular weight is 314 g/mol. The molecule has 0 fully saturated rings. The number of hydrogen-bond donors (Lipinski definition) is 3. The molecule has 6 heteroatoms. The third-order valence-corrected chi connectivity index (χ3v) is 3.88. The molecule has 3 N–H and O–H groups in total. The summed E-state index contributed by atoms with van der Waals surface area (Å²) in [5.41, 5.74) is 2.49. The second-order valence-electron chi connectivity index (χ2n) is 6.14. The maximum atomic E-state index is 4.31. The summed E-state index contributed by atoms with van der Waals surface area (Å²) in [6, 6.07) is 8.46. The van der Waals surface area contributed by atoms with E-state index in [4.69, 9.17) is 0 Å². The van der Waals surface area contributed by atoms with Crippen LogP contribution in [0.1, 0.15) is 39.2 Å². The normalized spacial score (nSPS) is 11.2. The van der Waals surface area contributed by atoms with Gasteiger partial charge in [-0.25, -0.2) is 0 Å². The SMILES string of the molecule is CCCC(C)(C)c1ccc(Nc2nc(NC)nc(NC)n2)cc1. The topological polar surface area (TPSA) is 74.8 Å². The van der Waals surface area contributed by atoms with E-state index in [1.165, 1.54) is 18.4 Å². The van der Waals surface area contributed by atoms with Crippen LogP contribution in [0.3, 0.4) is 0 Å². The molecule has 6 nitrogen and oxygen atoms in total. The molecule has 0 unspecified atom stereocenters. The number of benzene rings is 1. The molecule has 124 valence electrons. The number of nitrogens with zero attached hydrogens (tertiary/aromatic N) is 3. The van der Waals surface area contributed by atoms with E-state index in [0.29, 0.717) is 17.8 Å². The smallest absolute Gasteiger partial charge is 0.233 e. The van der Waals surface area contributed by atoms with Gasteiger partial charge < -0.3 is 16.0 Å². The molecule has 0 aliphatic rings. The molecule has 0 atom stereocenters. The summed E-state index contributed by atoms with van der Waals surface area (Å²) in [6.07, 6.45) is 2.35. The first kappa shape index (κ1) is 17.0. The zero-order valence-electron chi connectivity index (χ0n) is 14.6. The fourth-order valence-electron chi connectivity index (χ4n) is 2.56. The van der Waals surface area contributed by atoms with Gasteiger partial charge in [0.25, 0.3) is 0 Å². The lowest BCUT2D eigenvalue weighted by molar-refractivity contribution is 0.473. The van der Waals surface area contributed by atoms with Crippen LogP contribution < -0.4 is 16.0 Å². The van der Waals surface area contributed by atoms with Gasteiger partial charge >= 0.3 is 0 Å². The molecule has 0 saturated heterocycles. The molecule has 1 aromatic carbocycles. The largest absolute Gasteiger partial charge is 0.357 e. The maximum Gasteiger partial charge on any atom is 0.233 e. The summed E-state index contributed by atoms with van der Waals surface area (Å²) in [4.78, 5) is 12.8. The first-order valence-corrected chi connectivity index (χ1v) is 7.97. The molecule has 0 aliphatic heterocycles. The molecule has 0 amide bonds. The van der Waals surface area contributed by atoms with Gasteiger partial charge in [-0.1, -0.05) is 39.3 Å². The number of nitrogens with one attached hydrogen (secondary N) is 3. The van der Waals surface area contributed by atoms with Gasteiger partial charge in [0.2, 0.25) is 17.8 Å². The molecular formula is C17H26N6. The summed E-state index contributed by atoms with van der Waals surface area (Å²) in [5.74, 6) is 1.55. The second-order valence-corrected chi connectivity index (χ2v) is 6.14. The summed E-state index contributed by atoms with van der Waals surface area (Å²) in [5, 5.41) is 9.08. The van der Waals surface area contributed by atoms with E-state index in [1.54, 1.807) is 14.1 Å². The van der Waals surface area contributed by atoms with Gasteiger partial charge in [-0.3, -0.25) is 0 Å². The highest BCUT2D eigenvalue weighted by molar-refractivity contribution is 5.56. The van der Waals surface area contributed by atoms with Crippen molar-refractivity contribution in [1.82, 2.24) is 15.0 Å². The molecular weight excluding hydrogens is 288 g/mol. The van der Waals surface area contributed by atoms with Gasteiger partial charge in [0.05, 0.1) is 0 Å². The molecule has 2 aromatic rings. The lowest BCUT2D eigenvalue weighted by atomic mass is 9.81. The van der Waals surface area contributed by atoms with Crippen LogP contribution >= 0.6 is 0 Å². The van der Waals surface area contributed by atoms with E-state index in [1.807, 2.05) is 0 Å². The zero-order valence-corrected chi connectivity index (χ0v) is 14.6. The van der Waals surface area contributed by atoms with Gasteiger partial charge in [0, 0.05) is 19.8 Å². The van der Waals surface area contributed by atoms with Crippen LogP contribution in [0.2, 0.25) is 0 Å². The Bertz CT molecular complexity index is 614. The third-order valence-electron chi connectivity index (χ3n) is 3.88. The first-order chi connectivity index (χ1) is 11.0. The molecule has 1 aromatic heterocycles. The minimum atomic E-state index is 0.193. The van der Waals surface area contributed by atoms with Crippen molar-refractivity contribution in [3.05, 3.63) is 29.8 Å². The number of rotatable bonds is 7. The van der Waals surface area contributed by atoms with Gasteiger partial charge in [0.15, 0.2) is 0 Å². The Kier molecular flexibility index (Phi) is 5.36. The van der Waals surface area contributed by atoms with Crippen LogP contribution in [0.4, 0.5) is 23.5 Å². The van der Waals surface area contributed by atoms with Gasteiger partial charge in [-0.05, 0) is 29.5 Å². The van der Waals surface area contributed by atoms with E-state index in [9.17, 15) is 0 Å². The quantitative estimate of drug-likeness (QED) is 0.722. The number of aromatic nitrogens is 3. The van der Waals surface area contributed by atoms with E-state index >= 15 is 0 Å². The number of hydrogen-bond acceptors (Lipinski definition) is 6. The van der Waals surface area contributed by atoms with Crippen molar-refractivity contribution in [2.75, 3.05) is 30.0 Å². The van der Waals surface area contributed by atoms with Crippen molar-refractivity contribution < 1.29 is 0 Å². The summed E-state index contributed by atoms with van der Waals surface area (Å²) >= 11 is 0. The van der Waals surface area contributed by atoms with Crippen LogP contribution in [-0.4, -0.2) is 29.0 Å². The van der Waals surface area contributed by atoms with Crippen molar-refractivity contribution in [3.8, 4) is 0 Å². The molecule has 0 saturated carbocycles. The van der Waals surface area contributed by atoms with E-state index in [0.717, 1.165) is 5.69 Å². The fraction of sp³-hybridized carbons (Fsp3) is 0.471. The van der Waals surface area contributed by atoms with E-state index in [2.05, 4.69) is 75.9 Å². The fourth-order valence-corrected chi connectivity index (χ4v) is 2.56. The highest BCUT2D eigenvalue weighted by Crippen LogP contribution is 2.29. The summed E-state index contributed by atoms with van der Waals surface area (Å²) in [7, 11) is 3.56. The molecule has 1 heterocycles. The standard InChI is InChI=1S/C17H26N6/c1-6-11-17(2,3)12-7-9-13(10-8-12)20-16-22-14(18-4)21-15(19-5)23-16/h7-10H,6,11H2,1-5H3,(H3,18,19,20,21,22,23). The molecule has 0 spiro atoms. The Morgan fingerprint density at radius 1 is 0.870 bits per heavy atom. The summed E-state index contributed by atoms with van der Waals surface area (Å²) in [6.45, 7) is 6.78. The molecule has 23 heavy (non-hydrogen) atoms.